The minimum Gasteiger partial charge on any atom is -0.397 e. The summed E-state index contributed by atoms with van der Waals surface area (Å²) in [6, 6.07) is 9.47. The Labute approximate surface area is 118 Å². The molecule has 5 N–H and O–H groups in total. The summed E-state index contributed by atoms with van der Waals surface area (Å²) < 4.78 is 0. The molecule has 0 radical (unpaired) electrons. The van der Waals surface area contributed by atoms with Crippen molar-refractivity contribution in [2.45, 2.75) is 19.8 Å². The Hall–Kier alpha value is -2.56. The largest absolute Gasteiger partial charge is 0.397 e. The fourth-order valence-electron chi connectivity index (χ4n) is 1.86. The first kappa shape index (κ1) is 13.9. The zero-order chi connectivity index (χ0) is 14.7. The number of nitrogen functional groups attached to an aromatic ring is 1. The van der Waals surface area contributed by atoms with Crippen molar-refractivity contribution in [3.05, 3.63) is 47.7 Å². The summed E-state index contributed by atoms with van der Waals surface area (Å²) in [5, 5.41) is 3.08. The number of amides is 1. The molecule has 0 fully saturated rings. The summed E-state index contributed by atoms with van der Waals surface area (Å²) in [4.78, 5) is 15.5. The molecule has 0 unspecified atom stereocenters. The van der Waals surface area contributed by atoms with E-state index in [4.69, 9.17) is 11.5 Å². The van der Waals surface area contributed by atoms with Crippen LogP contribution in [0.2, 0.25) is 0 Å². The predicted molar refractivity (Wildman–Crippen MR) is 81.0 cm³/mol. The van der Waals surface area contributed by atoms with Gasteiger partial charge in [-0.3, -0.25) is 4.79 Å². The minimum absolute atomic E-state index is 0.276. The molecule has 1 aromatic heterocycles. The maximum Gasteiger partial charge on any atom is 0.252 e. The molecule has 0 saturated heterocycles. The summed E-state index contributed by atoms with van der Waals surface area (Å²) in [6.07, 6.45) is 1.48. The summed E-state index contributed by atoms with van der Waals surface area (Å²) >= 11 is 0. The Balaban J connectivity index is 2.28. The molecule has 1 aromatic carbocycles. The van der Waals surface area contributed by atoms with Crippen molar-refractivity contribution in [2.75, 3.05) is 11.1 Å². The van der Waals surface area contributed by atoms with Crippen molar-refractivity contribution < 1.29 is 4.79 Å². The predicted octanol–water partition coefficient (Wildman–Crippen LogP) is 2.63. The first-order valence-corrected chi connectivity index (χ1v) is 6.39. The number of nitrogens with two attached hydrogens (primary N) is 2. The van der Waals surface area contributed by atoms with Crippen molar-refractivity contribution >= 4 is 23.1 Å². The van der Waals surface area contributed by atoms with Crippen LogP contribution in [0.5, 0.6) is 0 Å². The van der Waals surface area contributed by atoms with Crippen LogP contribution in [0.25, 0.3) is 0 Å². The van der Waals surface area contributed by atoms with Crippen molar-refractivity contribution in [2.24, 2.45) is 5.73 Å². The highest BCUT2D eigenvalue weighted by molar-refractivity contribution is 5.99. The number of aromatic nitrogens is 1. The van der Waals surface area contributed by atoms with Crippen LogP contribution in [-0.4, -0.2) is 10.9 Å². The van der Waals surface area contributed by atoms with E-state index in [0.29, 0.717) is 17.4 Å². The fourth-order valence-corrected chi connectivity index (χ4v) is 1.86. The molecular formula is C15H18N4O. The molecule has 0 spiro atoms. The molecule has 0 bridgehead atoms. The molecule has 0 atom stereocenters. The molecule has 5 heteroatoms. The first-order valence-electron chi connectivity index (χ1n) is 6.39. The average molecular weight is 270 g/mol. The number of pyridine rings is 1. The summed E-state index contributed by atoms with van der Waals surface area (Å²) in [6.45, 7) is 4.27. The van der Waals surface area contributed by atoms with Gasteiger partial charge in [0.25, 0.3) is 5.91 Å². The molecule has 0 aliphatic rings. The third-order valence-corrected chi connectivity index (χ3v) is 3.01. The van der Waals surface area contributed by atoms with Gasteiger partial charge in [-0.2, -0.15) is 0 Å². The van der Waals surface area contributed by atoms with Gasteiger partial charge in [-0.05, 0) is 29.7 Å². The molecule has 2 aromatic rings. The van der Waals surface area contributed by atoms with E-state index < -0.39 is 5.91 Å². The van der Waals surface area contributed by atoms with E-state index in [0.717, 1.165) is 5.69 Å². The highest BCUT2D eigenvalue weighted by Crippen LogP contribution is 2.22. The number of carbonyl (C=O) groups is 1. The third kappa shape index (κ3) is 3.06. The van der Waals surface area contributed by atoms with Crippen LogP contribution in [0.1, 0.15) is 35.7 Å². The normalized spacial score (nSPS) is 10.6. The second-order valence-electron chi connectivity index (χ2n) is 4.93. The number of nitrogens with zero attached hydrogens (tertiary/aromatic N) is 1. The third-order valence-electron chi connectivity index (χ3n) is 3.01. The number of hydrogen-bond acceptors (Lipinski definition) is 4. The van der Waals surface area contributed by atoms with Crippen molar-refractivity contribution in [3.63, 3.8) is 0 Å². The standard InChI is InChI=1S/C15H18N4O/c1-9(2)10-3-5-12(6-4-10)19-15-13(14(17)20)7-11(16)8-18-15/h3-9H,16H2,1-2H3,(H2,17,20)(H,18,19). The molecule has 2 rings (SSSR count). The first-order chi connectivity index (χ1) is 9.47. The zero-order valence-electron chi connectivity index (χ0n) is 11.6. The second kappa shape index (κ2) is 5.61. The van der Waals surface area contributed by atoms with Crippen LogP contribution in [0, 0.1) is 0 Å². The van der Waals surface area contributed by atoms with E-state index in [1.165, 1.54) is 17.8 Å². The Morgan fingerprint density at radius 2 is 1.90 bits per heavy atom. The lowest BCUT2D eigenvalue weighted by Crippen LogP contribution is -2.14. The van der Waals surface area contributed by atoms with Gasteiger partial charge < -0.3 is 16.8 Å². The second-order valence-corrected chi connectivity index (χ2v) is 4.93. The molecular weight excluding hydrogens is 252 g/mol. The van der Waals surface area contributed by atoms with Crippen LogP contribution in [0.15, 0.2) is 36.5 Å². The van der Waals surface area contributed by atoms with Crippen LogP contribution in [0.3, 0.4) is 0 Å². The van der Waals surface area contributed by atoms with Crippen LogP contribution >= 0.6 is 0 Å². The monoisotopic (exact) mass is 270 g/mol. The summed E-state index contributed by atoms with van der Waals surface area (Å²) in [5.74, 6) is 0.315. The lowest BCUT2D eigenvalue weighted by molar-refractivity contribution is 0.100. The van der Waals surface area contributed by atoms with Gasteiger partial charge in [-0.15, -0.1) is 0 Å². The van der Waals surface area contributed by atoms with E-state index in [-0.39, 0.29) is 5.56 Å². The zero-order valence-corrected chi connectivity index (χ0v) is 11.6. The molecule has 5 nitrogen and oxygen atoms in total. The van der Waals surface area contributed by atoms with Crippen molar-refractivity contribution in [3.8, 4) is 0 Å². The van der Waals surface area contributed by atoms with E-state index >= 15 is 0 Å². The molecule has 0 aliphatic carbocycles. The quantitative estimate of drug-likeness (QED) is 0.796. The number of primary amides is 1. The molecule has 20 heavy (non-hydrogen) atoms. The Kier molecular flexibility index (Phi) is 3.89. The van der Waals surface area contributed by atoms with Crippen molar-refractivity contribution in [1.29, 1.82) is 0 Å². The lowest BCUT2D eigenvalue weighted by atomic mass is 10.0. The summed E-state index contributed by atoms with van der Waals surface area (Å²) in [5.41, 5.74) is 13.7. The van der Waals surface area contributed by atoms with E-state index in [2.05, 4.69) is 24.1 Å². The molecule has 1 amide bonds. The van der Waals surface area contributed by atoms with E-state index in [9.17, 15) is 4.79 Å². The number of anilines is 3. The smallest absolute Gasteiger partial charge is 0.252 e. The van der Waals surface area contributed by atoms with Crippen LogP contribution < -0.4 is 16.8 Å². The highest BCUT2D eigenvalue weighted by Gasteiger charge is 2.10. The minimum atomic E-state index is -0.564. The van der Waals surface area contributed by atoms with Gasteiger partial charge in [0.1, 0.15) is 5.82 Å². The number of hydrogen-bond donors (Lipinski definition) is 3. The van der Waals surface area contributed by atoms with Gasteiger partial charge in [-0.1, -0.05) is 26.0 Å². The molecule has 0 saturated carbocycles. The Morgan fingerprint density at radius 3 is 2.45 bits per heavy atom. The average Bonchev–Trinajstić information content (AvgIpc) is 2.41. The SMILES string of the molecule is CC(C)c1ccc(Nc2ncc(N)cc2C(N)=O)cc1. The number of benzene rings is 1. The number of carbonyl (C=O) groups excluding carboxylic acids is 1. The Morgan fingerprint density at radius 1 is 1.25 bits per heavy atom. The van der Waals surface area contributed by atoms with Gasteiger partial charge >= 0.3 is 0 Å². The Bertz CT molecular complexity index is 620. The maximum absolute atomic E-state index is 11.4. The van der Waals surface area contributed by atoms with Gasteiger partial charge in [0.2, 0.25) is 0 Å². The number of nitrogens with one attached hydrogen (secondary N) is 1. The van der Waals surface area contributed by atoms with Gasteiger partial charge in [0.05, 0.1) is 17.4 Å². The van der Waals surface area contributed by atoms with E-state index in [1.54, 1.807) is 0 Å². The topological polar surface area (TPSA) is 94.0 Å². The molecule has 0 aliphatic heterocycles. The van der Waals surface area contributed by atoms with E-state index in [1.807, 2.05) is 24.3 Å². The van der Waals surface area contributed by atoms with Crippen molar-refractivity contribution in [1.82, 2.24) is 4.98 Å². The fraction of sp³-hybridized carbons (Fsp3) is 0.200. The van der Waals surface area contributed by atoms with Crippen LogP contribution in [-0.2, 0) is 0 Å². The maximum atomic E-state index is 11.4. The lowest BCUT2D eigenvalue weighted by Gasteiger charge is -2.11. The van der Waals surface area contributed by atoms with Crippen LogP contribution in [0.4, 0.5) is 17.2 Å². The van der Waals surface area contributed by atoms with Gasteiger partial charge in [0.15, 0.2) is 0 Å². The van der Waals surface area contributed by atoms with Gasteiger partial charge in [-0.25, -0.2) is 4.98 Å². The number of rotatable bonds is 4. The highest BCUT2D eigenvalue weighted by atomic mass is 16.1. The van der Waals surface area contributed by atoms with Gasteiger partial charge in [0, 0.05) is 5.69 Å². The molecule has 1 heterocycles. The summed E-state index contributed by atoms with van der Waals surface area (Å²) in [7, 11) is 0. The molecule has 104 valence electrons.